The topological polar surface area (TPSA) is 49.5 Å². The van der Waals surface area contributed by atoms with E-state index >= 15 is 0 Å². The van der Waals surface area contributed by atoms with Crippen LogP contribution in [-0.4, -0.2) is 42.3 Å². The van der Waals surface area contributed by atoms with Gasteiger partial charge in [-0.1, -0.05) is 0 Å². The van der Waals surface area contributed by atoms with E-state index in [1.54, 1.807) is 0 Å². The van der Waals surface area contributed by atoms with Gasteiger partial charge in [-0.15, -0.1) is 0 Å². The molecule has 0 amide bonds. The molecule has 1 fully saturated rings. The van der Waals surface area contributed by atoms with Crippen LogP contribution in [0.4, 0.5) is 0 Å². The molecule has 0 spiro atoms. The standard InChI is InChI=1S/C8H18N2O/c1-10-4-2-3-7(10)5-8(11)6-9/h7-8,11H,2-6,9H2,1H3/t7?,8-/m1/s1. The summed E-state index contributed by atoms with van der Waals surface area (Å²) in [6.45, 7) is 1.56. The maximum atomic E-state index is 9.28. The monoisotopic (exact) mass is 158 g/mol. The van der Waals surface area contributed by atoms with Gasteiger partial charge in [0.1, 0.15) is 0 Å². The van der Waals surface area contributed by atoms with Crippen molar-refractivity contribution >= 4 is 0 Å². The zero-order chi connectivity index (χ0) is 8.27. The van der Waals surface area contributed by atoms with Crippen LogP contribution in [0.25, 0.3) is 0 Å². The van der Waals surface area contributed by atoms with Crippen molar-refractivity contribution in [2.75, 3.05) is 20.1 Å². The van der Waals surface area contributed by atoms with Gasteiger partial charge in [-0.05, 0) is 32.9 Å². The summed E-state index contributed by atoms with van der Waals surface area (Å²) in [5.41, 5.74) is 5.33. The van der Waals surface area contributed by atoms with Gasteiger partial charge in [0.15, 0.2) is 0 Å². The maximum Gasteiger partial charge on any atom is 0.0677 e. The summed E-state index contributed by atoms with van der Waals surface area (Å²) in [4.78, 5) is 2.30. The van der Waals surface area contributed by atoms with Crippen molar-refractivity contribution in [2.45, 2.75) is 31.4 Å². The van der Waals surface area contributed by atoms with Crippen molar-refractivity contribution in [2.24, 2.45) is 5.73 Å². The molecule has 1 saturated heterocycles. The second kappa shape index (κ2) is 4.04. The van der Waals surface area contributed by atoms with Gasteiger partial charge < -0.3 is 15.7 Å². The maximum absolute atomic E-state index is 9.28. The first-order valence-corrected chi connectivity index (χ1v) is 4.32. The van der Waals surface area contributed by atoms with Crippen molar-refractivity contribution < 1.29 is 5.11 Å². The number of nitrogens with two attached hydrogens (primary N) is 1. The Labute approximate surface area is 68.2 Å². The molecule has 66 valence electrons. The van der Waals surface area contributed by atoms with Crippen molar-refractivity contribution in [3.05, 3.63) is 0 Å². The lowest BCUT2D eigenvalue weighted by atomic mass is 10.1. The number of hydrogen-bond acceptors (Lipinski definition) is 3. The van der Waals surface area contributed by atoms with Gasteiger partial charge in [0.05, 0.1) is 6.10 Å². The minimum Gasteiger partial charge on any atom is -0.392 e. The van der Waals surface area contributed by atoms with Gasteiger partial charge in [-0.25, -0.2) is 0 Å². The summed E-state index contributed by atoms with van der Waals surface area (Å²) in [6, 6.07) is 0.563. The first-order chi connectivity index (χ1) is 5.24. The second-order valence-corrected chi connectivity index (χ2v) is 3.40. The van der Waals surface area contributed by atoms with E-state index in [1.165, 1.54) is 19.4 Å². The van der Waals surface area contributed by atoms with Crippen molar-refractivity contribution in [3.8, 4) is 0 Å². The summed E-state index contributed by atoms with van der Waals surface area (Å²) >= 11 is 0. The van der Waals surface area contributed by atoms with E-state index in [1.807, 2.05) is 0 Å². The largest absolute Gasteiger partial charge is 0.392 e. The molecule has 0 radical (unpaired) electrons. The Bertz CT molecular complexity index is 119. The molecule has 3 nitrogen and oxygen atoms in total. The SMILES string of the molecule is CN1CCCC1C[C@@H](O)CN. The molecular weight excluding hydrogens is 140 g/mol. The normalized spacial score (nSPS) is 29.2. The first-order valence-electron chi connectivity index (χ1n) is 4.32. The number of aliphatic hydroxyl groups is 1. The molecule has 1 aliphatic rings. The van der Waals surface area contributed by atoms with Crippen LogP contribution >= 0.6 is 0 Å². The molecule has 1 rings (SSSR count). The lowest BCUT2D eigenvalue weighted by Crippen LogP contribution is -2.32. The molecule has 0 aromatic rings. The molecule has 0 aromatic carbocycles. The van der Waals surface area contributed by atoms with Gasteiger partial charge in [-0.3, -0.25) is 0 Å². The third-order valence-corrected chi connectivity index (χ3v) is 2.49. The van der Waals surface area contributed by atoms with Crippen LogP contribution in [0.15, 0.2) is 0 Å². The van der Waals surface area contributed by atoms with E-state index in [-0.39, 0.29) is 6.10 Å². The van der Waals surface area contributed by atoms with Crippen molar-refractivity contribution in [1.82, 2.24) is 4.90 Å². The minimum absolute atomic E-state index is 0.305. The van der Waals surface area contributed by atoms with Crippen LogP contribution in [0.5, 0.6) is 0 Å². The average Bonchev–Trinajstić information content (AvgIpc) is 2.37. The Balaban J connectivity index is 2.24. The third-order valence-electron chi connectivity index (χ3n) is 2.49. The number of aliphatic hydroxyl groups excluding tert-OH is 1. The van der Waals surface area contributed by atoms with E-state index in [4.69, 9.17) is 5.73 Å². The fraction of sp³-hybridized carbons (Fsp3) is 1.00. The Kier molecular flexibility index (Phi) is 3.30. The van der Waals surface area contributed by atoms with Crippen LogP contribution in [-0.2, 0) is 0 Å². The van der Waals surface area contributed by atoms with Gasteiger partial charge in [0.25, 0.3) is 0 Å². The molecule has 3 N–H and O–H groups in total. The molecule has 0 aliphatic carbocycles. The molecule has 1 heterocycles. The predicted octanol–water partition coefficient (Wildman–Crippen LogP) is -0.210. The lowest BCUT2D eigenvalue weighted by molar-refractivity contribution is 0.135. The summed E-state index contributed by atoms with van der Waals surface area (Å²) < 4.78 is 0. The summed E-state index contributed by atoms with van der Waals surface area (Å²) in [5, 5.41) is 9.28. The van der Waals surface area contributed by atoms with Crippen LogP contribution in [0.1, 0.15) is 19.3 Å². The van der Waals surface area contributed by atoms with Crippen LogP contribution in [0, 0.1) is 0 Å². The van der Waals surface area contributed by atoms with Crippen LogP contribution in [0.3, 0.4) is 0 Å². The van der Waals surface area contributed by atoms with E-state index in [0.29, 0.717) is 12.6 Å². The first kappa shape index (κ1) is 8.97. The molecule has 11 heavy (non-hydrogen) atoms. The summed E-state index contributed by atoms with van der Waals surface area (Å²) in [7, 11) is 2.11. The molecular formula is C8H18N2O. The Hall–Kier alpha value is -0.120. The molecule has 2 atom stereocenters. The highest BCUT2D eigenvalue weighted by Gasteiger charge is 2.22. The van der Waals surface area contributed by atoms with Crippen LogP contribution in [0.2, 0.25) is 0 Å². The van der Waals surface area contributed by atoms with Gasteiger partial charge >= 0.3 is 0 Å². The zero-order valence-electron chi connectivity index (χ0n) is 7.16. The summed E-state index contributed by atoms with van der Waals surface area (Å²) in [6.07, 6.45) is 3.01. The second-order valence-electron chi connectivity index (χ2n) is 3.40. The van der Waals surface area contributed by atoms with Gasteiger partial charge in [0.2, 0.25) is 0 Å². The lowest BCUT2D eigenvalue weighted by Gasteiger charge is -2.21. The number of hydrogen-bond donors (Lipinski definition) is 2. The highest BCUT2D eigenvalue weighted by molar-refractivity contribution is 4.78. The quantitative estimate of drug-likeness (QED) is 0.597. The van der Waals surface area contributed by atoms with Crippen LogP contribution < -0.4 is 5.73 Å². The van der Waals surface area contributed by atoms with E-state index in [9.17, 15) is 5.11 Å². The van der Waals surface area contributed by atoms with E-state index in [2.05, 4.69) is 11.9 Å². The Morgan fingerprint density at radius 1 is 1.73 bits per heavy atom. The zero-order valence-corrected chi connectivity index (χ0v) is 7.16. The molecule has 0 aromatic heterocycles. The molecule has 1 unspecified atom stereocenters. The third kappa shape index (κ3) is 2.43. The molecule has 0 bridgehead atoms. The highest BCUT2D eigenvalue weighted by atomic mass is 16.3. The highest BCUT2D eigenvalue weighted by Crippen LogP contribution is 2.18. The van der Waals surface area contributed by atoms with Crippen molar-refractivity contribution in [1.29, 1.82) is 0 Å². The smallest absolute Gasteiger partial charge is 0.0677 e. The fourth-order valence-corrected chi connectivity index (χ4v) is 1.69. The molecule has 3 heteroatoms. The fourth-order valence-electron chi connectivity index (χ4n) is 1.69. The Morgan fingerprint density at radius 2 is 2.45 bits per heavy atom. The van der Waals surface area contributed by atoms with E-state index < -0.39 is 0 Å². The summed E-state index contributed by atoms with van der Waals surface area (Å²) in [5.74, 6) is 0. The number of likely N-dealkylation sites (tertiary alicyclic amines) is 1. The van der Waals surface area contributed by atoms with Gasteiger partial charge in [-0.2, -0.15) is 0 Å². The van der Waals surface area contributed by atoms with E-state index in [0.717, 1.165) is 6.42 Å². The molecule has 1 aliphatic heterocycles. The average molecular weight is 158 g/mol. The number of nitrogens with zero attached hydrogens (tertiary/aromatic N) is 1. The minimum atomic E-state index is -0.305. The van der Waals surface area contributed by atoms with Crippen molar-refractivity contribution in [3.63, 3.8) is 0 Å². The van der Waals surface area contributed by atoms with Gasteiger partial charge in [0, 0.05) is 12.6 Å². The number of rotatable bonds is 3. The molecule has 0 saturated carbocycles. The Morgan fingerprint density at radius 3 is 2.91 bits per heavy atom. The predicted molar refractivity (Wildman–Crippen MR) is 45.3 cm³/mol.